The molecule has 0 spiro atoms. The quantitative estimate of drug-likeness (QED) is 0.754. The van der Waals surface area contributed by atoms with Gasteiger partial charge in [0.15, 0.2) is 0 Å². The van der Waals surface area contributed by atoms with E-state index in [-0.39, 0.29) is 18.4 Å². The Balaban J connectivity index is 2.66. The summed E-state index contributed by atoms with van der Waals surface area (Å²) in [7, 11) is 0. The first kappa shape index (κ1) is 17.0. The molecule has 0 heterocycles. The first-order valence-corrected chi connectivity index (χ1v) is 7.63. The van der Waals surface area contributed by atoms with Gasteiger partial charge in [-0.1, -0.05) is 19.9 Å². The van der Waals surface area contributed by atoms with Crippen molar-refractivity contribution in [3.63, 3.8) is 0 Å². The summed E-state index contributed by atoms with van der Waals surface area (Å²) in [6.45, 7) is 4.64. The highest BCUT2D eigenvalue weighted by Gasteiger charge is 2.15. The van der Waals surface area contributed by atoms with Gasteiger partial charge in [0, 0.05) is 12.5 Å². The standard InChI is InChI=1S/C15H22BrNO3/c1-3-6-20-14-5-4-11(9-12(14)16)13(17)7-10(2)8-15(18)19/h4-5,9-10,13H,3,6-8,17H2,1-2H3,(H,18,19). The average Bonchev–Trinajstić information content (AvgIpc) is 2.36. The van der Waals surface area contributed by atoms with E-state index in [0.29, 0.717) is 13.0 Å². The largest absolute Gasteiger partial charge is 0.492 e. The highest BCUT2D eigenvalue weighted by Crippen LogP contribution is 2.30. The number of carboxylic acid groups (broad SMARTS) is 1. The third-order valence-corrected chi connectivity index (χ3v) is 3.64. The fourth-order valence-electron chi connectivity index (χ4n) is 2.03. The molecule has 0 aliphatic carbocycles. The van der Waals surface area contributed by atoms with Crippen LogP contribution in [0.15, 0.2) is 22.7 Å². The number of benzene rings is 1. The van der Waals surface area contributed by atoms with E-state index >= 15 is 0 Å². The molecule has 1 aromatic rings. The third-order valence-electron chi connectivity index (χ3n) is 3.03. The van der Waals surface area contributed by atoms with E-state index in [1.165, 1.54) is 0 Å². The molecule has 2 unspecified atom stereocenters. The Morgan fingerprint density at radius 2 is 2.20 bits per heavy atom. The first-order valence-electron chi connectivity index (χ1n) is 6.83. The van der Waals surface area contributed by atoms with E-state index in [9.17, 15) is 4.79 Å². The van der Waals surface area contributed by atoms with Crippen molar-refractivity contribution in [2.75, 3.05) is 6.61 Å². The Labute approximate surface area is 128 Å². The third kappa shape index (κ3) is 5.51. The maximum Gasteiger partial charge on any atom is 0.303 e. The highest BCUT2D eigenvalue weighted by molar-refractivity contribution is 9.10. The number of halogens is 1. The number of ether oxygens (including phenoxy) is 1. The van der Waals surface area contributed by atoms with Gasteiger partial charge >= 0.3 is 5.97 Å². The molecular weight excluding hydrogens is 322 g/mol. The molecule has 0 fully saturated rings. The predicted molar refractivity (Wildman–Crippen MR) is 82.9 cm³/mol. The summed E-state index contributed by atoms with van der Waals surface area (Å²) in [6.07, 6.45) is 1.75. The number of hydrogen-bond donors (Lipinski definition) is 2. The van der Waals surface area contributed by atoms with Crippen LogP contribution in [0.5, 0.6) is 5.75 Å². The molecule has 4 nitrogen and oxygen atoms in total. The lowest BCUT2D eigenvalue weighted by atomic mass is 9.94. The van der Waals surface area contributed by atoms with Gasteiger partial charge in [0.1, 0.15) is 5.75 Å². The van der Waals surface area contributed by atoms with Crippen LogP contribution in [0.3, 0.4) is 0 Å². The number of rotatable bonds is 8. The molecule has 20 heavy (non-hydrogen) atoms. The summed E-state index contributed by atoms with van der Waals surface area (Å²) in [5, 5.41) is 8.77. The smallest absolute Gasteiger partial charge is 0.303 e. The summed E-state index contributed by atoms with van der Waals surface area (Å²) in [6, 6.07) is 5.62. The van der Waals surface area contributed by atoms with Crippen molar-refractivity contribution in [3.05, 3.63) is 28.2 Å². The second-order valence-corrected chi connectivity index (χ2v) is 5.94. The number of nitrogens with two attached hydrogens (primary N) is 1. The van der Waals surface area contributed by atoms with Crippen molar-refractivity contribution < 1.29 is 14.6 Å². The molecule has 0 saturated heterocycles. The van der Waals surface area contributed by atoms with Gasteiger partial charge in [-0.15, -0.1) is 0 Å². The molecule has 1 rings (SSSR count). The van der Waals surface area contributed by atoms with Crippen LogP contribution in [-0.4, -0.2) is 17.7 Å². The maximum atomic E-state index is 10.7. The minimum atomic E-state index is -0.783. The van der Waals surface area contributed by atoms with Crippen molar-refractivity contribution in [1.29, 1.82) is 0 Å². The second kappa shape index (κ2) is 8.27. The van der Waals surface area contributed by atoms with Crippen molar-refractivity contribution in [1.82, 2.24) is 0 Å². The minimum Gasteiger partial charge on any atom is -0.492 e. The Bertz CT molecular complexity index is 451. The van der Waals surface area contributed by atoms with Gasteiger partial charge in [-0.25, -0.2) is 0 Å². The van der Waals surface area contributed by atoms with Crippen LogP contribution >= 0.6 is 15.9 Å². The Morgan fingerprint density at radius 3 is 2.75 bits per heavy atom. The van der Waals surface area contributed by atoms with Crippen molar-refractivity contribution in [2.45, 2.75) is 39.2 Å². The lowest BCUT2D eigenvalue weighted by Crippen LogP contribution is -2.16. The summed E-state index contributed by atoms with van der Waals surface area (Å²) < 4.78 is 6.47. The van der Waals surface area contributed by atoms with E-state index in [0.717, 1.165) is 22.2 Å². The fraction of sp³-hybridized carbons (Fsp3) is 0.533. The highest BCUT2D eigenvalue weighted by atomic mass is 79.9. The molecule has 1 aromatic carbocycles. The molecular formula is C15H22BrNO3. The predicted octanol–water partition coefficient (Wildman–Crippen LogP) is 3.74. The minimum absolute atomic E-state index is 0.0530. The van der Waals surface area contributed by atoms with Gasteiger partial charge in [-0.2, -0.15) is 0 Å². The SMILES string of the molecule is CCCOc1ccc(C(N)CC(C)CC(=O)O)cc1Br. The maximum absolute atomic E-state index is 10.7. The monoisotopic (exact) mass is 343 g/mol. The van der Waals surface area contributed by atoms with Crippen LogP contribution < -0.4 is 10.5 Å². The summed E-state index contributed by atoms with van der Waals surface area (Å²) in [5.74, 6) is 0.0767. The van der Waals surface area contributed by atoms with Crippen LogP contribution in [0.4, 0.5) is 0 Å². The van der Waals surface area contributed by atoms with Crippen molar-refractivity contribution in [2.24, 2.45) is 11.7 Å². The van der Waals surface area contributed by atoms with Crippen molar-refractivity contribution >= 4 is 21.9 Å². The Hall–Kier alpha value is -1.07. The molecule has 0 aliphatic rings. The van der Waals surface area contributed by atoms with E-state index < -0.39 is 5.97 Å². The molecule has 5 heteroatoms. The first-order chi connectivity index (χ1) is 9.43. The van der Waals surface area contributed by atoms with Gasteiger partial charge in [0.05, 0.1) is 11.1 Å². The molecule has 0 aromatic heterocycles. The van der Waals surface area contributed by atoms with Crippen LogP contribution in [0, 0.1) is 5.92 Å². The topological polar surface area (TPSA) is 72.5 Å². The summed E-state index contributed by atoms with van der Waals surface area (Å²) in [5.41, 5.74) is 7.12. The zero-order chi connectivity index (χ0) is 15.1. The van der Waals surface area contributed by atoms with Crippen molar-refractivity contribution in [3.8, 4) is 5.75 Å². The van der Waals surface area contributed by atoms with Crippen LogP contribution in [0.25, 0.3) is 0 Å². The molecule has 3 N–H and O–H groups in total. The normalized spacial score (nSPS) is 13.8. The van der Waals surface area contributed by atoms with E-state index in [1.54, 1.807) is 0 Å². The van der Waals surface area contributed by atoms with E-state index in [4.69, 9.17) is 15.6 Å². The molecule has 0 bridgehead atoms. The molecule has 2 atom stereocenters. The van der Waals surface area contributed by atoms with Gasteiger partial charge in [-0.05, 0) is 52.4 Å². The lowest BCUT2D eigenvalue weighted by Gasteiger charge is -2.17. The van der Waals surface area contributed by atoms with Gasteiger partial charge in [0.2, 0.25) is 0 Å². The Morgan fingerprint density at radius 1 is 1.50 bits per heavy atom. The number of aliphatic carboxylic acids is 1. The van der Waals surface area contributed by atoms with Gasteiger partial charge in [-0.3, -0.25) is 4.79 Å². The average molecular weight is 344 g/mol. The number of carboxylic acids is 1. The van der Waals surface area contributed by atoms with Crippen LogP contribution in [0.1, 0.15) is 44.7 Å². The Kier molecular flexibility index (Phi) is 7.02. The molecule has 0 aliphatic heterocycles. The molecule has 112 valence electrons. The zero-order valence-electron chi connectivity index (χ0n) is 11.9. The second-order valence-electron chi connectivity index (χ2n) is 5.08. The zero-order valence-corrected chi connectivity index (χ0v) is 13.5. The molecule has 0 saturated carbocycles. The summed E-state index contributed by atoms with van der Waals surface area (Å²) in [4.78, 5) is 10.7. The molecule has 0 amide bonds. The van der Waals surface area contributed by atoms with E-state index in [1.807, 2.05) is 25.1 Å². The fourth-order valence-corrected chi connectivity index (χ4v) is 2.54. The lowest BCUT2D eigenvalue weighted by molar-refractivity contribution is -0.138. The number of hydrogen-bond acceptors (Lipinski definition) is 3. The van der Waals surface area contributed by atoms with Gasteiger partial charge < -0.3 is 15.6 Å². The van der Waals surface area contributed by atoms with Crippen LogP contribution in [0.2, 0.25) is 0 Å². The van der Waals surface area contributed by atoms with Gasteiger partial charge in [0.25, 0.3) is 0 Å². The van der Waals surface area contributed by atoms with E-state index in [2.05, 4.69) is 22.9 Å². The summed E-state index contributed by atoms with van der Waals surface area (Å²) >= 11 is 3.48. The number of carbonyl (C=O) groups is 1. The molecule has 0 radical (unpaired) electrons. The van der Waals surface area contributed by atoms with Crippen LogP contribution in [-0.2, 0) is 4.79 Å².